The van der Waals surface area contributed by atoms with Crippen molar-refractivity contribution >= 4 is 33.4 Å². The number of halogens is 2. The summed E-state index contributed by atoms with van der Waals surface area (Å²) in [5.74, 6) is -0.558. The van der Waals surface area contributed by atoms with E-state index in [2.05, 4.69) is 25.2 Å². The highest BCUT2D eigenvalue weighted by molar-refractivity contribution is 7.22. The van der Waals surface area contributed by atoms with E-state index in [9.17, 15) is 13.7 Å². The van der Waals surface area contributed by atoms with Crippen molar-refractivity contribution in [2.75, 3.05) is 44.4 Å². The molecule has 0 saturated carbocycles. The molecule has 38 heavy (non-hydrogen) atoms. The zero-order chi connectivity index (χ0) is 26.1. The summed E-state index contributed by atoms with van der Waals surface area (Å²) >= 11 is 1.53. The van der Waals surface area contributed by atoms with E-state index in [1.54, 1.807) is 17.2 Å². The monoisotopic (exact) mass is 535 g/mol. The number of rotatable bonds is 8. The fourth-order valence-corrected chi connectivity index (χ4v) is 6.21. The highest BCUT2D eigenvalue weighted by Crippen LogP contribution is 2.40. The third-order valence-corrected chi connectivity index (χ3v) is 8.21. The molecule has 0 aliphatic carbocycles. The van der Waals surface area contributed by atoms with Crippen LogP contribution in [0.3, 0.4) is 0 Å². The number of fused-ring (bicyclic) bond motifs is 1. The molecule has 0 radical (unpaired) electrons. The summed E-state index contributed by atoms with van der Waals surface area (Å²) in [4.78, 5) is 29.0. The quantitative estimate of drug-likeness (QED) is 0.256. The lowest BCUT2D eigenvalue weighted by Gasteiger charge is -2.17. The van der Waals surface area contributed by atoms with Gasteiger partial charge in [-0.25, -0.2) is 19.7 Å². The molecule has 5 heterocycles. The molecule has 8 nitrogen and oxygen atoms in total. The number of urea groups is 1. The van der Waals surface area contributed by atoms with Crippen molar-refractivity contribution in [3.05, 3.63) is 60.3 Å². The summed E-state index contributed by atoms with van der Waals surface area (Å²) < 4.78 is 30.2. The number of anilines is 1. The van der Waals surface area contributed by atoms with Crippen molar-refractivity contribution in [1.82, 2.24) is 30.1 Å². The molecule has 11 heteroatoms. The Balaban J connectivity index is 1.29. The Morgan fingerprint density at radius 1 is 1.08 bits per heavy atom. The topological polar surface area (TPSA) is 77.5 Å². The van der Waals surface area contributed by atoms with Gasteiger partial charge in [0, 0.05) is 54.9 Å². The van der Waals surface area contributed by atoms with Crippen LogP contribution >= 0.6 is 11.3 Å². The lowest BCUT2D eigenvalue weighted by molar-refractivity contribution is 0.216. The Labute approximate surface area is 222 Å². The largest absolute Gasteiger partial charge is 0.336 e. The van der Waals surface area contributed by atoms with Gasteiger partial charge in [0.1, 0.15) is 0 Å². The summed E-state index contributed by atoms with van der Waals surface area (Å²) in [6.45, 7) is 4.15. The molecule has 4 aromatic rings. The SMILES string of the molecule is O=C1NCCN1CCN(F)c1nccc(-c2cc3cccc(-c4cc(F)ncc4CN4CCCC4)c3s2)n1. The van der Waals surface area contributed by atoms with E-state index < -0.39 is 5.95 Å². The predicted molar refractivity (Wildman–Crippen MR) is 144 cm³/mol. The van der Waals surface area contributed by atoms with Gasteiger partial charge >= 0.3 is 6.03 Å². The third-order valence-electron chi connectivity index (χ3n) is 7.00. The minimum Gasteiger partial charge on any atom is -0.336 e. The number of hydrogen-bond donors (Lipinski definition) is 1. The van der Waals surface area contributed by atoms with Crippen LogP contribution in [0.5, 0.6) is 0 Å². The first-order valence-electron chi connectivity index (χ1n) is 12.7. The molecule has 0 atom stereocenters. The van der Waals surface area contributed by atoms with Crippen molar-refractivity contribution in [1.29, 1.82) is 0 Å². The van der Waals surface area contributed by atoms with Crippen LogP contribution < -0.4 is 10.4 Å². The number of likely N-dealkylation sites (tertiary alicyclic amines) is 1. The first-order chi connectivity index (χ1) is 18.5. The molecule has 2 fully saturated rings. The molecule has 0 spiro atoms. The molecular weight excluding hydrogens is 508 g/mol. The number of carbonyl (C=O) groups excluding carboxylic acids is 1. The first kappa shape index (κ1) is 24.6. The number of benzene rings is 1. The smallest absolute Gasteiger partial charge is 0.317 e. The first-order valence-corrected chi connectivity index (χ1v) is 13.6. The van der Waals surface area contributed by atoms with Crippen molar-refractivity contribution in [2.24, 2.45) is 0 Å². The lowest BCUT2D eigenvalue weighted by Crippen LogP contribution is -2.34. The van der Waals surface area contributed by atoms with E-state index in [1.807, 2.05) is 24.3 Å². The van der Waals surface area contributed by atoms with Gasteiger partial charge in [-0.2, -0.15) is 9.51 Å². The summed E-state index contributed by atoms with van der Waals surface area (Å²) in [6, 6.07) is 11.1. The van der Waals surface area contributed by atoms with E-state index in [4.69, 9.17) is 0 Å². The molecule has 2 aliphatic rings. The van der Waals surface area contributed by atoms with Crippen LogP contribution in [0.2, 0.25) is 0 Å². The number of amides is 2. The minimum absolute atomic E-state index is 0.0269. The second-order valence-corrected chi connectivity index (χ2v) is 10.6. The standard InChI is InChI=1S/C27H27F2N7OS/c28-24-15-21(19(16-32-24)17-34-9-1-2-10-34)20-5-3-4-18-14-23(38-25(18)20)22-6-7-30-26(33-22)36(29)13-12-35-11-8-31-27(35)37/h3-7,14-16H,1-2,8-13,17H2,(H,31,37). The highest BCUT2D eigenvalue weighted by atomic mass is 32.1. The average Bonchev–Trinajstić information content (AvgIpc) is 3.69. The number of hydrogen-bond acceptors (Lipinski definition) is 7. The van der Waals surface area contributed by atoms with Gasteiger partial charge in [0.25, 0.3) is 5.95 Å². The number of nitrogens with zero attached hydrogens (tertiary/aromatic N) is 6. The van der Waals surface area contributed by atoms with Gasteiger partial charge in [-0.1, -0.05) is 22.7 Å². The maximum Gasteiger partial charge on any atom is 0.317 e. The van der Waals surface area contributed by atoms with Crippen molar-refractivity contribution in [3.8, 4) is 21.7 Å². The van der Waals surface area contributed by atoms with Crippen LogP contribution in [-0.4, -0.2) is 70.1 Å². The molecule has 2 aliphatic heterocycles. The maximum absolute atomic E-state index is 14.9. The third kappa shape index (κ3) is 5.03. The Morgan fingerprint density at radius 2 is 1.95 bits per heavy atom. The van der Waals surface area contributed by atoms with Crippen LogP contribution in [0.4, 0.5) is 19.6 Å². The summed E-state index contributed by atoms with van der Waals surface area (Å²) in [5.41, 5.74) is 3.38. The fraction of sp³-hybridized carbons (Fsp3) is 0.333. The van der Waals surface area contributed by atoms with Gasteiger partial charge in [0.15, 0.2) is 0 Å². The van der Waals surface area contributed by atoms with E-state index >= 15 is 0 Å². The second-order valence-electron chi connectivity index (χ2n) is 9.53. The van der Waals surface area contributed by atoms with Crippen LogP contribution in [0.1, 0.15) is 18.4 Å². The molecule has 3 aromatic heterocycles. The van der Waals surface area contributed by atoms with E-state index in [0.29, 0.717) is 23.9 Å². The Hall–Kier alpha value is -3.70. The number of aromatic nitrogens is 3. The number of thiophene rings is 1. The molecule has 0 unspecified atom stereocenters. The van der Waals surface area contributed by atoms with E-state index in [0.717, 1.165) is 51.3 Å². The van der Waals surface area contributed by atoms with Gasteiger partial charge in [0.05, 0.1) is 17.1 Å². The van der Waals surface area contributed by atoms with E-state index in [-0.39, 0.29) is 25.1 Å². The Morgan fingerprint density at radius 3 is 2.76 bits per heavy atom. The summed E-state index contributed by atoms with van der Waals surface area (Å²) in [7, 11) is 0. The second kappa shape index (κ2) is 10.6. The van der Waals surface area contributed by atoms with Gasteiger partial charge in [-0.05, 0) is 54.6 Å². The van der Waals surface area contributed by atoms with Gasteiger partial charge in [-0.15, -0.1) is 11.3 Å². The van der Waals surface area contributed by atoms with Gasteiger partial charge in [-0.3, -0.25) is 4.90 Å². The average molecular weight is 536 g/mol. The van der Waals surface area contributed by atoms with Crippen molar-refractivity contribution < 1.29 is 13.7 Å². The molecular formula is C27H27F2N7OS. The molecule has 1 N–H and O–H groups in total. The zero-order valence-corrected chi connectivity index (χ0v) is 21.6. The predicted octanol–water partition coefficient (Wildman–Crippen LogP) is 4.87. The number of pyridine rings is 1. The highest BCUT2D eigenvalue weighted by Gasteiger charge is 2.22. The van der Waals surface area contributed by atoms with Crippen LogP contribution in [-0.2, 0) is 6.54 Å². The zero-order valence-electron chi connectivity index (χ0n) is 20.7. The lowest BCUT2D eigenvalue weighted by atomic mass is 10.00. The fourth-order valence-electron chi connectivity index (χ4n) is 5.05. The minimum atomic E-state index is -0.506. The molecule has 1 aromatic carbocycles. The number of nitrogens with one attached hydrogen (secondary N) is 1. The van der Waals surface area contributed by atoms with Crippen LogP contribution in [0.25, 0.3) is 31.8 Å². The maximum atomic E-state index is 14.9. The normalized spacial score (nSPS) is 15.9. The van der Waals surface area contributed by atoms with Crippen molar-refractivity contribution in [2.45, 2.75) is 19.4 Å². The van der Waals surface area contributed by atoms with Gasteiger partial charge in [0.2, 0.25) is 5.95 Å². The Kier molecular flexibility index (Phi) is 6.86. The molecule has 196 valence electrons. The summed E-state index contributed by atoms with van der Waals surface area (Å²) in [5, 5.41) is 4.18. The van der Waals surface area contributed by atoms with E-state index in [1.165, 1.54) is 36.4 Å². The summed E-state index contributed by atoms with van der Waals surface area (Å²) in [6.07, 6.45) is 5.54. The molecule has 6 rings (SSSR count). The molecule has 0 bridgehead atoms. The van der Waals surface area contributed by atoms with Crippen LogP contribution in [0.15, 0.2) is 48.8 Å². The molecule has 2 saturated heterocycles. The van der Waals surface area contributed by atoms with Crippen molar-refractivity contribution in [3.63, 3.8) is 0 Å². The van der Waals surface area contributed by atoms with Crippen LogP contribution in [0, 0.1) is 5.95 Å². The molecule has 2 amide bonds. The Bertz CT molecular complexity index is 1470. The number of carbonyl (C=O) groups is 1. The van der Waals surface area contributed by atoms with Gasteiger partial charge < -0.3 is 10.2 Å².